The topological polar surface area (TPSA) is 133 Å². The fourth-order valence-electron chi connectivity index (χ4n) is 4.07. The van der Waals surface area contributed by atoms with Gasteiger partial charge in [-0.15, -0.1) is 10.2 Å². The van der Waals surface area contributed by atoms with Crippen LogP contribution < -0.4 is 9.80 Å². The van der Waals surface area contributed by atoms with Crippen molar-refractivity contribution in [3.8, 4) is 11.4 Å². The Labute approximate surface area is 195 Å². The van der Waals surface area contributed by atoms with Crippen molar-refractivity contribution in [1.82, 2.24) is 34.9 Å². The number of rotatable bonds is 5. The minimum absolute atomic E-state index is 0.00503. The zero-order valence-electron chi connectivity index (χ0n) is 18.6. The molecule has 0 aliphatic carbocycles. The number of morpholine rings is 1. The summed E-state index contributed by atoms with van der Waals surface area (Å²) in [5.74, 6) is 1.65. The molecule has 1 N–H and O–H groups in total. The van der Waals surface area contributed by atoms with Gasteiger partial charge in [-0.05, 0) is 30.3 Å². The average Bonchev–Trinajstić information content (AvgIpc) is 3.39. The van der Waals surface area contributed by atoms with Crippen molar-refractivity contribution in [3.63, 3.8) is 0 Å². The minimum atomic E-state index is -3.83. The highest BCUT2D eigenvalue weighted by Crippen LogP contribution is 2.26. The monoisotopic (exact) mass is 489 g/mol. The first-order chi connectivity index (χ1) is 16.4. The molecule has 34 heavy (non-hydrogen) atoms. The number of nitrogens with one attached hydrogen (secondary N) is 1. The Kier molecular flexibility index (Phi) is 6.10. The number of H-pyrrole nitrogens is 1. The number of hydrogen-bond donors (Lipinski definition) is 1. The highest BCUT2D eigenvalue weighted by Gasteiger charge is 2.30. The molecule has 0 atom stereocenters. The highest BCUT2D eigenvalue weighted by atomic mass is 32.2. The SMILES string of the molecule is Cc1nc(N2CCOCC2)cc(N2CCN(S(=O)(=O)c3ccc(F)c(-c4nn[nH]n4)c3)CC2)n1. The van der Waals surface area contributed by atoms with Crippen LogP contribution in [0.25, 0.3) is 11.4 Å². The number of ether oxygens (including phenoxy) is 1. The van der Waals surface area contributed by atoms with E-state index < -0.39 is 15.8 Å². The molecule has 2 fully saturated rings. The van der Waals surface area contributed by atoms with E-state index in [0.29, 0.717) is 32.1 Å². The number of piperazine rings is 1. The second kappa shape index (κ2) is 9.19. The molecule has 2 aliphatic heterocycles. The van der Waals surface area contributed by atoms with Crippen LogP contribution in [0, 0.1) is 12.7 Å². The summed E-state index contributed by atoms with van der Waals surface area (Å²) in [7, 11) is -3.83. The maximum atomic E-state index is 14.2. The maximum Gasteiger partial charge on any atom is 0.243 e. The van der Waals surface area contributed by atoms with Gasteiger partial charge in [-0.3, -0.25) is 0 Å². The molecule has 0 radical (unpaired) electrons. The third-order valence-electron chi connectivity index (χ3n) is 5.87. The number of anilines is 2. The number of aromatic amines is 1. The van der Waals surface area contributed by atoms with Crippen molar-refractivity contribution in [2.24, 2.45) is 0 Å². The summed E-state index contributed by atoms with van der Waals surface area (Å²) in [6.07, 6.45) is 0. The molecule has 0 bridgehead atoms. The Hall–Kier alpha value is -3.23. The summed E-state index contributed by atoms with van der Waals surface area (Å²) < 4.78 is 47.6. The number of benzene rings is 1. The van der Waals surface area contributed by atoms with Crippen LogP contribution in [0.1, 0.15) is 5.82 Å². The molecule has 0 amide bonds. The lowest BCUT2D eigenvalue weighted by molar-refractivity contribution is 0.122. The van der Waals surface area contributed by atoms with Crippen LogP contribution in [0.2, 0.25) is 0 Å². The van der Waals surface area contributed by atoms with Gasteiger partial charge in [0.1, 0.15) is 23.3 Å². The number of aryl methyl sites for hydroxylation is 1. The quantitative estimate of drug-likeness (QED) is 0.538. The molecule has 14 heteroatoms. The number of halogens is 1. The molecule has 12 nitrogen and oxygen atoms in total. The molecule has 5 rings (SSSR count). The molecule has 0 unspecified atom stereocenters. The molecule has 180 valence electrons. The Morgan fingerprint density at radius 2 is 1.65 bits per heavy atom. The molecular formula is C20H24FN9O3S. The third kappa shape index (κ3) is 4.43. The lowest BCUT2D eigenvalue weighted by Gasteiger charge is -2.35. The predicted octanol–water partition coefficient (Wildman–Crippen LogP) is 0.452. The van der Waals surface area contributed by atoms with Gasteiger partial charge in [-0.2, -0.15) is 9.52 Å². The summed E-state index contributed by atoms with van der Waals surface area (Å²) in [5.41, 5.74) is -0.0273. The van der Waals surface area contributed by atoms with E-state index in [0.717, 1.165) is 30.8 Å². The van der Waals surface area contributed by atoms with E-state index in [4.69, 9.17) is 4.74 Å². The number of aromatic nitrogens is 6. The first-order valence-corrected chi connectivity index (χ1v) is 12.3. The van der Waals surface area contributed by atoms with Gasteiger partial charge < -0.3 is 14.5 Å². The van der Waals surface area contributed by atoms with Gasteiger partial charge in [-0.1, -0.05) is 0 Å². The first-order valence-electron chi connectivity index (χ1n) is 10.9. The van der Waals surface area contributed by atoms with Gasteiger partial charge in [0.15, 0.2) is 0 Å². The lowest BCUT2D eigenvalue weighted by Crippen LogP contribution is -2.49. The van der Waals surface area contributed by atoms with Crippen molar-refractivity contribution in [2.75, 3.05) is 62.3 Å². The fourth-order valence-corrected chi connectivity index (χ4v) is 5.52. The normalized spacial score (nSPS) is 17.8. The predicted molar refractivity (Wildman–Crippen MR) is 120 cm³/mol. The second-order valence-electron chi connectivity index (χ2n) is 8.00. The van der Waals surface area contributed by atoms with Crippen LogP contribution >= 0.6 is 0 Å². The number of sulfonamides is 1. The molecule has 2 saturated heterocycles. The molecule has 0 saturated carbocycles. The molecule has 2 aromatic heterocycles. The van der Waals surface area contributed by atoms with Crippen molar-refractivity contribution in [2.45, 2.75) is 11.8 Å². The summed E-state index contributed by atoms with van der Waals surface area (Å²) in [5, 5.41) is 13.2. The Morgan fingerprint density at radius 1 is 0.971 bits per heavy atom. The number of hydrogen-bond acceptors (Lipinski definition) is 10. The summed E-state index contributed by atoms with van der Waals surface area (Å²) in [4.78, 5) is 13.3. The highest BCUT2D eigenvalue weighted by molar-refractivity contribution is 7.89. The van der Waals surface area contributed by atoms with Crippen molar-refractivity contribution in [3.05, 3.63) is 35.9 Å². The minimum Gasteiger partial charge on any atom is -0.378 e. The van der Waals surface area contributed by atoms with Gasteiger partial charge in [-0.25, -0.2) is 22.8 Å². The van der Waals surface area contributed by atoms with E-state index in [2.05, 4.69) is 40.4 Å². The third-order valence-corrected chi connectivity index (χ3v) is 7.77. The molecule has 0 spiro atoms. The fraction of sp³-hybridized carbons (Fsp3) is 0.450. The molecule has 3 aromatic rings. The first kappa shape index (κ1) is 22.6. The standard InChI is InChI=1S/C20H24FN9O3S/c1-14-22-18(13-19(23-14)29-8-10-33-11-9-29)28-4-6-30(7-5-28)34(31,32)15-2-3-17(21)16(12-15)20-24-26-27-25-20/h2-3,12-13H,4-11H2,1H3,(H,24,25,26,27). The zero-order chi connectivity index (χ0) is 23.7. The van der Waals surface area contributed by atoms with Gasteiger partial charge in [0.05, 0.1) is 23.7 Å². The second-order valence-corrected chi connectivity index (χ2v) is 9.94. The van der Waals surface area contributed by atoms with E-state index in [1.54, 1.807) is 0 Å². The zero-order valence-corrected chi connectivity index (χ0v) is 19.4. The van der Waals surface area contributed by atoms with E-state index in [1.165, 1.54) is 16.4 Å². The van der Waals surface area contributed by atoms with Crippen LogP contribution in [0.4, 0.5) is 16.0 Å². The smallest absolute Gasteiger partial charge is 0.243 e. The van der Waals surface area contributed by atoms with Crippen LogP contribution in [0.15, 0.2) is 29.2 Å². The van der Waals surface area contributed by atoms with Gasteiger partial charge in [0, 0.05) is 45.3 Å². The lowest BCUT2D eigenvalue weighted by atomic mass is 10.2. The van der Waals surface area contributed by atoms with Crippen molar-refractivity contribution < 1.29 is 17.5 Å². The van der Waals surface area contributed by atoms with E-state index in [-0.39, 0.29) is 29.4 Å². The maximum absolute atomic E-state index is 14.2. The van der Waals surface area contributed by atoms with Crippen LogP contribution in [0.3, 0.4) is 0 Å². The van der Waals surface area contributed by atoms with E-state index in [9.17, 15) is 12.8 Å². The van der Waals surface area contributed by atoms with Crippen LogP contribution in [0.5, 0.6) is 0 Å². The molecule has 1 aromatic carbocycles. The largest absolute Gasteiger partial charge is 0.378 e. The van der Waals surface area contributed by atoms with Gasteiger partial charge >= 0.3 is 0 Å². The van der Waals surface area contributed by atoms with E-state index >= 15 is 0 Å². The van der Waals surface area contributed by atoms with Crippen molar-refractivity contribution >= 4 is 21.7 Å². The summed E-state index contributed by atoms with van der Waals surface area (Å²) >= 11 is 0. The Balaban J connectivity index is 1.32. The van der Waals surface area contributed by atoms with Crippen LogP contribution in [-0.4, -0.2) is 95.8 Å². The average molecular weight is 490 g/mol. The Bertz CT molecular complexity index is 1260. The molecule has 4 heterocycles. The van der Waals surface area contributed by atoms with Crippen molar-refractivity contribution in [1.29, 1.82) is 0 Å². The summed E-state index contributed by atoms with van der Waals surface area (Å²) in [6, 6.07) is 5.54. The van der Waals surface area contributed by atoms with E-state index in [1.807, 2.05) is 13.0 Å². The van der Waals surface area contributed by atoms with Crippen LogP contribution in [-0.2, 0) is 14.8 Å². The van der Waals surface area contributed by atoms with Gasteiger partial charge in [0.2, 0.25) is 15.8 Å². The number of nitrogens with zero attached hydrogens (tertiary/aromatic N) is 8. The molecule has 2 aliphatic rings. The number of tetrazole rings is 1. The Morgan fingerprint density at radius 3 is 2.29 bits per heavy atom. The summed E-state index contributed by atoms with van der Waals surface area (Å²) in [6.45, 7) is 6.19. The molecular weight excluding hydrogens is 465 g/mol. The van der Waals surface area contributed by atoms with Gasteiger partial charge in [0.25, 0.3) is 0 Å².